The maximum absolute atomic E-state index is 13.2. The van der Waals surface area contributed by atoms with Gasteiger partial charge in [-0.2, -0.15) is 69.9 Å². The van der Waals surface area contributed by atoms with Crippen LogP contribution in [0.5, 0.6) is 0 Å². The molecule has 0 heterocycles. The highest BCUT2D eigenvalue weighted by molar-refractivity contribution is 7.85. The van der Waals surface area contributed by atoms with E-state index in [4.69, 9.17) is 4.55 Å². The van der Waals surface area contributed by atoms with E-state index in [-0.39, 0.29) is 0 Å². The topological polar surface area (TPSA) is 54.4 Å². The first kappa shape index (κ1) is 27.8. The third kappa shape index (κ3) is 3.92. The molecule has 0 aromatic heterocycles. The van der Waals surface area contributed by atoms with Gasteiger partial charge in [0, 0.05) is 0 Å². The van der Waals surface area contributed by atoms with Crippen LogP contribution < -0.4 is 0 Å². The number of halogens is 16. The van der Waals surface area contributed by atoms with Gasteiger partial charge in [0.05, 0.1) is 0 Å². The van der Waals surface area contributed by atoms with Crippen molar-refractivity contribution in [2.24, 2.45) is 0 Å². The van der Waals surface area contributed by atoms with Crippen molar-refractivity contribution in [3.63, 3.8) is 0 Å². The van der Waals surface area contributed by atoms with Gasteiger partial charge in [0.2, 0.25) is 0 Å². The monoisotopic (exact) mass is 496 g/mol. The number of rotatable bonds is 9. The minimum atomic E-state index is -8.60. The van der Waals surface area contributed by atoms with Crippen molar-refractivity contribution >= 4 is 10.1 Å². The van der Waals surface area contributed by atoms with Gasteiger partial charge in [0.1, 0.15) is 5.75 Å². The summed E-state index contributed by atoms with van der Waals surface area (Å²) in [5, 5.41) is 0. The fraction of sp³-hybridized carbons (Fsp3) is 1.00. The molecule has 0 amide bonds. The second-order valence-corrected chi connectivity index (χ2v) is 6.68. The molecule has 176 valence electrons. The van der Waals surface area contributed by atoms with Crippen molar-refractivity contribution in [2.75, 3.05) is 5.75 Å². The fourth-order valence-corrected chi connectivity index (χ4v) is 2.13. The smallest absolute Gasteiger partial charge is 0.285 e. The largest absolute Gasteiger partial charge is 0.384 e. The summed E-state index contributed by atoms with van der Waals surface area (Å²) in [6, 6.07) is 0. The van der Waals surface area contributed by atoms with Gasteiger partial charge in [0.25, 0.3) is 10.1 Å². The normalized spacial score (nSPS) is 16.5. The minimum Gasteiger partial charge on any atom is -0.285 e. The Morgan fingerprint density at radius 3 is 1.14 bits per heavy atom. The summed E-state index contributed by atoms with van der Waals surface area (Å²) in [4.78, 5) is 0. The first-order valence-electron chi connectivity index (χ1n) is 6.03. The van der Waals surface area contributed by atoms with Gasteiger partial charge in [0.15, 0.2) is 0 Å². The molecule has 0 spiro atoms. The van der Waals surface area contributed by atoms with Gasteiger partial charge in [-0.3, -0.25) is 4.55 Å². The van der Waals surface area contributed by atoms with Crippen LogP contribution in [0.25, 0.3) is 0 Å². The Hall–Kier alpha value is -1.21. The first-order valence-corrected chi connectivity index (χ1v) is 7.64. The van der Waals surface area contributed by atoms with Crippen LogP contribution in [-0.4, -0.2) is 66.6 Å². The Labute approximate surface area is 148 Å². The van der Waals surface area contributed by atoms with E-state index < -0.39 is 63.8 Å². The van der Waals surface area contributed by atoms with Crippen LogP contribution in [0, 0.1) is 0 Å². The Morgan fingerprint density at radius 2 is 0.862 bits per heavy atom. The summed E-state index contributed by atoms with van der Waals surface area (Å²) < 4.78 is 233. The highest BCUT2D eigenvalue weighted by atomic mass is 32.2. The van der Waals surface area contributed by atoms with Crippen molar-refractivity contribution in [2.45, 2.75) is 47.9 Å². The van der Waals surface area contributed by atoms with E-state index in [0.29, 0.717) is 0 Å². The van der Waals surface area contributed by atoms with E-state index in [9.17, 15) is 78.7 Å². The number of alkyl halides is 16. The average molecular weight is 496 g/mol. The molecule has 0 aliphatic rings. The quantitative estimate of drug-likeness (QED) is 0.376. The third-order valence-corrected chi connectivity index (χ3v) is 3.82. The van der Waals surface area contributed by atoms with Crippen LogP contribution in [-0.2, 0) is 10.1 Å². The van der Waals surface area contributed by atoms with Crippen molar-refractivity contribution in [1.29, 1.82) is 0 Å². The summed E-state index contributed by atoms with van der Waals surface area (Å²) in [5.41, 5.74) is 0. The van der Waals surface area contributed by atoms with Gasteiger partial charge in [-0.15, -0.1) is 0 Å². The summed E-state index contributed by atoms with van der Waals surface area (Å²) in [6.45, 7) is 0. The van der Waals surface area contributed by atoms with E-state index >= 15 is 0 Å². The first-order chi connectivity index (χ1) is 12.2. The molecule has 3 nitrogen and oxygen atoms in total. The molecular formula is C9H4F16O3S. The Balaban J connectivity index is 6.67. The molecule has 0 aromatic carbocycles. The van der Waals surface area contributed by atoms with Crippen LogP contribution in [0.1, 0.15) is 0 Å². The molecule has 0 aliphatic heterocycles. The Kier molecular flexibility index (Phi) is 6.62. The molecule has 0 aromatic rings. The maximum Gasteiger partial charge on any atom is 0.384 e. The van der Waals surface area contributed by atoms with E-state index in [0.717, 1.165) is 0 Å². The molecule has 0 bridgehead atoms. The van der Waals surface area contributed by atoms with Crippen molar-refractivity contribution < 1.29 is 83.2 Å². The second kappa shape index (κ2) is 6.91. The highest BCUT2D eigenvalue weighted by Gasteiger charge is 2.93. The van der Waals surface area contributed by atoms with E-state index in [2.05, 4.69) is 0 Å². The predicted molar refractivity (Wildman–Crippen MR) is 57.0 cm³/mol. The standard InChI is InChI=1S/C9H4F16O3S/c10-2(11)4(14,15)6(18,19)8(22,23)9(24,25)7(20,21)5(16,17)3(12,13)1-29(26,27)28/h2H,1H2,(H,26,27,28). The molecule has 0 radical (unpaired) electrons. The molecule has 1 N–H and O–H groups in total. The van der Waals surface area contributed by atoms with Gasteiger partial charge in [-0.1, -0.05) is 0 Å². The summed E-state index contributed by atoms with van der Waals surface area (Å²) in [6.07, 6.45) is -5.95. The van der Waals surface area contributed by atoms with Crippen LogP contribution in [0.15, 0.2) is 0 Å². The zero-order valence-electron chi connectivity index (χ0n) is 12.5. The van der Waals surface area contributed by atoms with E-state index in [1.54, 1.807) is 0 Å². The molecule has 0 fully saturated rings. The molecular weight excluding hydrogens is 492 g/mol. The van der Waals surface area contributed by atoms with Crippen molar-refractivity contribution in [1.82, 2.24) is 0 Å². The lowest BCUT2D eigenvalue weighted by Crippen LogP contribution is -2.74. The third-order valence-electron chi connectivity index (χ3n) is 3.09. The van der Waals surface area contributed by atoms with Crippen LogP contribution in [0.3, 0.4) is 0 Å². The Morgan fingerprint density at radius 1 is 0.586 bits per heavy atom. The van der Waals surface area contributed by atoms with Crippen molar-refractivity contribution in [3.05, 3.63) is 0 Å². The van der Waals surface area contributed by atoms with Gasteiger partial charge >= 0.3 is 47.9 Å². The molecule has 0 saturated carbocycles. The molecule has 20 heteroatoms. The summed E-state index contributed by atoms with van der Waals surface area (Å²) in [7, 11) is -6.43. The molecule has 0 unspecified atom stereocenters. The van der Waals surface area contributed by atoms with Gasteiger partial charge in [-0.25, -0.2) is 8.78 Å². The number of hydrogen-bond acceptors (Lipinski definition) is 2. The van der Waals surface area contributed by atoms with Crippen LogP contribution >= 0.6 is 0 Å². The highest BCUT2D eigenvalue weighted by Crippen LogP contribution is 2.62. The van der Waals surface area contributed by atoms with E-state index in [1.165, 1.54) is 0 Å². The second-order valence-electron chi connectivity index (χ2n) is 5.23. The van der Waals surface area contributed by atoms with Crippen LogP contribution in [0.4, 0.5) is 70.2 Å². The zero-order chi connectivity index (χ0) is 24.3. The van der Waals surface area contributed by atoms with Crippen LogP contribution in [0.2, 0.25) is 0 Å². The van der Waals surface area contributed by atoms with Gasteiger partial charge in [-0.05, 0) is 0 Å². The van der Waals surface area contributed by atoms with Gasteiger partial charge < -0.3 is 0 Å². The molecule has 0 aliphatic carbocycles. The molecule has 0 saturated heterocycles. The summed E-state index contributed by atoms with van der Waals surface area (Å²) in [5.74, 6) is -60.3. The SMILES string of the molecule is O=S(=O)(O)CC(F)(F)C(F)(F)C(F)(F)C(F)(F)C(F)(F)C(F)(F)C(F)(F)C(F)F. The molecule has 0 atom stereocenters. The molecule has 29 heavy (non-hydrogen) atoms. The lowest BCUT2D eigenvalue weighted by Gasteiger charge is -2.42. The predicted octanol–water partition coefficient (Wildman–Crippen LogP) is 4.59. The van der Waals surface area contributed by atoms with Crippen molar-refractivity contribution in [3.8, 4) is 0 Å². The lowest BCUT2D eigenvalue weighted by molar-refractivity contribution is -0.445. The number of hydrogen-bond donors (Lipinski definition) is 1. The van der Waals surface area contributed by atoms with E-state index in [1.807, 2.05) is 0 Å². The maximum atomic E-state index is 13.2. The average Bonchev–Trinajstić information content (AvgIpc) is 2.43. The fourth-order valence-electron chi connectivity index (χ4n) is 1.49. The minimum absolute atomic E-state index is 3.84. The molecule has 0 rings (SSSR count). The zero-order valence-corrected chi connectivity index (χ0v) is 13.3. The summed E-state index contributed by atoms with van der Waals surface area (Å²) >= 11 is 0. The Bertz CT molecular complexity index is 711. The lowest BCUT2D eigenvalue weighted by atomic mass is 9.89.